The van der Waals surface area contributed by atoms with E-state index in [1.807, 2.05) is 0 Å². The number of hydrogen-bond donors (Lipinski definition) is 12. The van der Waals surface area contributed by atoms with Crippen molar-refractivity contribution in [3.8, 4) is 0 Å². The molecular weight excluding hydrogens is 852 g/mol. The predicted molar refractivity (Wildman–Crippen MR) is 227 cm³/mol. The summed E-state index contributed by atoms with van der Waals surface area (Å²) in [5.41, 5.74) is -2.76. The van der Waals surface area contributed by atoms with Crippen LogP contribution in [0, 0.1) is 50.7 Å². The Labute approximate surface area is 382 Å². The number of hydrogen-bond acceptors (Lipinski definition) is 18. The van der Waals surface area contributed by atoms with Crippen molar-refractivity contribution in [1.29, 1.82) is 0 Å². The SMILES string of the molecule is C[C@H](CC[C@H](O[C@@H]1O[C@H](CO)[C@@H](O)[C@H](O)[C@H]1O)C(C)(C)O)[C@H]1[C@@H](O)C[C@@]2(C)[C@@H]3C[C@H](O)[C@@H]4C(C)(C)[C@@H](O[C@@H]5OC[C@@H](O)[C@H](O)[C@H]5O[C@@H]5O[C@@H](C)[C@H](O)[C@@H](O)[C@H]5O)CC[C@@]45C[C@@]35CC[C@]12C. The summed E-state index contributed by atoms with van der Waals surface area (Å²) in [7, 11) is 0. The number of aliphatic hydroxyl groups is 12. The Bertz CT molecular complexity index is 1680. The molecule has 18 heteroatoms. The molecule has 8 fully saturated rings. The maximum atomic E-state index is 12.5. The molecule has 0 aromatic carbocycles. The third-order valence-electron chi connectivity index (χ3n) is 19.3. The van der Waals surface area contributed by atoms with E-state index >= 15 is 0 Å². The van der Waals surface area contributed by atoms with Crippen molar-refractivity contribution in [2.45, 2.75) is 229 Å². The molecule has 8 aliphatic rings. The molecule has 2 spiro atoms. The highest BCUT2D eigenvalue weighted by atomic mass is 16.8. The number of ether oxygens (including phenoxy) is 6. The Morgan fingerprint density at radius 1 is 0.692 bits per heavy atom. The molecular formula is C47H80O18. The highest BCUT2D eigenvalue weighted by molar-refractivity contribution is 5.32. The van der Waals surface area contributed by atoms with E-state index in [-0.39, 0.29) is 51.9 Å². The van der Waals surface area contributed by atoms with E-state index in [4.69, 9.17) is 28.4 Å². The minimum absolute atomic E-state index is 0.0162. The van der Waals surface area contributed by atoms with Crippen LogP contribution in [0.1, 0.15) is 113 Å². The summed E-state index contributed by atoms with van der Waals surface area (Å²) in [4.78, 5) is 0. The Morgan fingerprint density at radius 3 is 2.02 bits per heavy atom. The third-order valence-corrected chi connectivity index (χ3v) is 19.3. The summed E-state index contributed by atoms with van der Waals surface area (Å²) in [6.07, 6.45) is -15.8. The summed E-state index contributed by atoms with van der Waals surface area (Å²) in [5, 5.41) is 130. The molecule has 0 aromatic heterocycles. The van der Waals surface area contributed by atoms with Gasteiger partial charge in [0.25, 0.3) is 0 Å². The first-order valence-corrected chi connectivity index (χ1v) is 24.2. The molecule has 376 valence electrons. The molecule has 5 saturated carbocycles. The van der Waals surface area contributed by atoms with Crippen molar-refractivity contribution in [2.75, 3.05) is 13.2 Å². The van der Waals surface area contributed by atoms with Gasteiger partial charge in [0, 0.05) is 0 Å². The Hall–Kier alpha value is -0.720. The van der Waals surface area contributed by atoms with Gasteiger partial charge in [0.05, 0.1) is 49.3 Å². The molecule has 0 amide bonds. The quantitative estimate of drug-likeness (QED) is 0.109. The average molecular weight is 933 g/mol. The van der Waals surface area contributed by atoms with Crippen molar-refractivity contribution in [3.63, 3.8) is 0 Å². The highest BCUT2D eigenvalue weighted by Crippen LogP contribution is 2.89. The van der Waals surface area contributed by atoms with Gasteiger partial charge in [0.1, 0.15) is 61.0 Å². The van der Waals surface area contributed by atoms with Crippen LogP contribution in [-0.4, -0.2) is 191 Å². The molecule has 0 unspecified atom stereocenters. The van der Waals surface area contributed by atoms with Gasteiger partial charge in [-0.1, -0.05) is 34.6 Å². The van der Waals surface area contributed by atoms with Crippen LogP contribution in [-0.2, 0) is 28.4 Å². The number of rotatable bonds is 12. The van der Waals surface area contributed by atoms with Crippen LogP contribution in [0.2, 0.25) is 0 Å². The zero-order valence-corrected chi connectivity index (χ0v) is 39.3. The largest absolute Gasteiger partial charge is 0.394 e. The lowest BCUT2D eigenvalue weighted by molar-refractivity contribution is -0.364. The van der Waals surface area contributed by atoms with Gasteiger partial charge in [0.2, 0.25) is 0 Å². The van der Waals surface area contributed by atoms with Crippen molar-refractivity contribution >= 4 is 0 Å². The lowest BCUT2D eigenvalue weighted by Gasteiger charge is -2.64. The third kappa shape index (κ3) is 7.91. The number of aliphatic hydroxyl groups excluding tert-OH is 11. The summed E-state index contributed by atoms with van der Waals surface area (Å²) in [6.45, 7) is 14.9. The fourth-order valence-corrected chi connectivity index (χ4v) is 15.7. The summed E-state index contributed by atoms with van der Waals surface area (Å²) < 4.78 is 36.1. The van der Waals surface area contributed by atoms with Crippen molar-refractivity contribution in [2.24, 2.45) is 50.7 Å². The highest BCUT2D eigenvalue weighted by Gasteiger charge is 2.84. The first-order chi connectivity index (χ1) is 30.2. The lowest BCUT2D eigenvalue weighted by atomic mass is 9.41. The van der Waals surface area contributed by atoms with Gasteiger partial charge in [-0.3, -0.25) is 0 Å². The van der Waals surface area contributed by atoms with E-state index < -0.39 is 128 Å². The van der Waals surface area contributed by atoms with Crippen LogP contribution in [0.4, 0.5) is 0 Å². The van der Waals surface area contributed by atoms with Crippen molar-refractivity contribution in [3.05, 3.63) is 0 Å². The molecule has 3 aliphatic heterocycles. The minimum atomic E-state index is -1.65. The fraction of sp³-hybridized carbons (Fsp3) is 1.00. The van der Waals surface area contributed by atoms with E-state index in [1.165, 1.54) is 6.92 Å². The maximum Gasteiger partial charge on any atom is 0.187 e. The average Bonchev–Trinajstić information content (AvgIpc) is 3.82. The van der Waals surface area contributed by atoms with Gasteiger partial charge >= 0.3 is 0 Å². The smallest absolute Gasteiger partial charge is 0.187 e. The van der Waals surface area contributed by atoms with E-state index in [9.17, 15) is 61.3 Å². The summed E-state index contributed by atoms with van der Waals surface area (Å²) >= 11 is 0. The summed E-state index contributed by atoms with van der Waals surface area (Å²) in [6, 6.07) is 0. The molecule has 12 N–H and O–H groups in total. The molecule has 0 bridgehead atoms. The number of fused-ring (bicyclic) bond motifs is 2. The van der Waals surface area contributed by atoms with Crippen molar-refractivity contribution in [1.82, 2.24) is 0 Å². The summed E-state index contributed by atoms with van der Waals surface area (Å²) in [5.74, 6) is -0.104. The predicted octanol–water partition coefficient (Wildman–Crippen LogP) is -0.585. The molecule has 26 atom stereocenters. The molecule has 18 nitrogen and oxygen atoms in total. The molecule has 8 rings (SSSR count). The zero-order valence-electron chi connectivity index (χ0n) is 39.3. The van der Waals surface area contributed by atoms with Gasteiger partial charge in [-0.25, -0.2) is 0 Å². The molecule has 3 heterocycles. The second-order valence-corrected chi connectivity index (χ2v) is 23.5. The van der Waals surface area contributed by atoms with Crippen LogP contribution in [0.25, 0.3) is 0 Å². The topological polar surface area (TPSA) is 298 Å². The molecule has 3 saturated heterocycles. The molecule has 0 aromatic rings. The van der Waals surface area contributed by atoms with Crippen LogP contribution in [0.15, 0.2) is 0 Å². The maximum absolute atomic E-state index is 12.5. The van der Waals surface area contributed by atoms with Crippen LogP contribution in [0.5, 0.6) is 0 Å². The van der Waals surface area contributed by atoms with Gasteiger partial charge in [-0.05, 0) is 129 Å². The normalized spacial score (nSPS) is 55.0. The first-order valence-electron chi connectivity index (χ1n) is 24.2. The van der Waals surface area contributed by atoms with Crippen LogP contribution < -0.4 is 0 Å². The van der Waals surface area contributed by atoms with Gasteiger partial charge < -0.3 is 89.7 Å². The molecule has 65 heavy (non-hydrogen) atoms. The zero-order chi connectivity index (χ0) is 47.7. The lowest BCUT2D eigenvalue weighted by Crippen LogP contribution is -2.64. The van der Waals surface area contributed by atoms with E-state index in [2.05, 4.69) is 34.6 Å². The Kier molecular flexibility index (Phi) is 13.7. The van der Waals surface area contributed by atoms with Gasteiger partial charge in [-0.15, -0.1) is 0 Å². The van der Waals surface area contributed by atoms with Crippen LogP contribution >= 0.6 is 0 Å². The van der Waals surface area contributed by atoms with Gasteiger partial charge in [0.15, 0.2) is 18.9 Å². The van der Waals surface area contributed by atoms with E-state index in [1.54, 1.807) is 13.8 Å². The van der Waals surface area contributed by atoms with E-state index in [0.29, 0.717) is 32.1 Å². The molecule has 0 radical (unpaired) electrons. The van der Waals surface area contributed by atoms with Crippen LogP contribution in [0.3, 0.4) is 0 Å². The molecule has 5 aliphatic carbocycles. The first kappa shape index (κ1) is 50.7. The van der Waals surface area contributed by atoms with E-state index in [0.717, 1.165) is 25.7 Å². The monoisotopic (exact) mass is 933 g/mol. The Balaban J connectivity index is 0.963. The fourth-order valence-electron chi connectivity index (χ4n) is 15.7. The second-order valence-electron chi connectivity index (χ2n) is 23.5. The minimum Gasteiger partial charge on any atom is -0.394 e. The van der Waals surface area contributed by atoms with Crippen molar-refractivity contribution < 1.29 is 89.7 Å². The standard InChI is InChI=1S/C47H80O18/c1-20(9-10-28(43(5,6)59)64-40-36(58)34(56)32(54)25(17-48)62-40)29-23(50)16-45(8)26-15-22(49)38-42(3,4)27(11-12-47(38)19-46(26,47)14-13-44(29,45)7)63-41-37(31(53)24(51)18-60-41)65-39-35(57)33(55)30(52)21(2)61-39/h20-41,48-59H,9-19H2,1-8H3/t20-,21+,22+,23+,24-,25-,26+,27+,28+,29+,30+,31+,32-,33-,34+,35-,36-,37-,38-,39+,40+,41+,44-,45+,46+,47-/m1/s1. The van der Waals surface area contributed by atoms with Gasteiger partial charge in [-0.2, -0.15) is 0 Å². The second kappa shape index (κ2) is 17.5. The Morgan fingerprint density at radius 2 is 1.35 bits per heavy atom.